The van der Waals surface area contributed by atoms with Crippen LogP contribution in [0.2, 0.25) is 0 Å². The van der Waals surface area contributed by atoms with Crippen LogP contribution >= 0.6 is 0 Å². The minimum Gasteiger partial charge on any atom is -0.345 e. The number of aryl methyl sites for hydroxylation is 4. The van der Waals surface area contributed by atoms with E-state index in [1.54, 1.807) is 4.68 Å². The number of pyridine rings is 1. The molecule has 1 aliphatic carbocycles. The maximum absolute atomic E-state index is 13.1. The Balaban J connectivity index is 1.72. The lowest BCUT2D eigenvalue weighted by atomic mass is 9.87. The van der Waals surface area contributed by atoms with E-state index in [-0.39, 0.29) is 11.9 Å². The van der Waals surface area contributed by atoms with Gasteiger partial charge in [0.05, 0.1) is 22.7 Å². The molecule has 4 rings (SSSR count). The van der Waals surface area contributed by atoms with Gasteiger partial charge in [0.15, 0.2) is 5.65 Å². The van der Waals surface area contributed by atoms with Crippen molar-refractivity contribution in [2.45, 2.75) is 39.2 Å². The second kappa shape index (κ2) is 5.99. The number of hydrogen-bond acceptors (Lipinski definition) is 3. The Hall–Kier alpha value is -2.69. The minimum absolute atomic E-state index is 0.0479. The van der Waals surface area contributed by atoms with Crippen LogP contribution in [-0.4, -0.2) is 20.7 Å². The summed E-state index contributed by atoms with van der Waals surface area (Å²) < 4.78 is 1.74. The summed E-state index contributed by atoms with van der Waals surface area (Å²) >= 11 is 0. The first-order chi connectivity index (χ1) is 12.0. The fraction of sp³-hybridized carbons (Fsp3) is 0.350. The van der Waals surface area contributed by atoms with Gasteiger partial charge in [-0.15, -0.1) is 0 Å². The zero-order valence-electron chi connectivity index (χ0n) is 14.8. The molecule has 0 saturated heterocycles. The first-order valence-corrected chi connectivity index (χ1v) is 8.74. The second-order valence-electron chi connectivity index (χ2n) is 6.84. The topological polar surface area (TPSA) is 59.8 Å². The van der Waals surface area contributed by atoms with Crippen LogP contribution in [0.4, 0.5) is 0 Å². The van der Waals surface area contributed by atoms with Crippen LogP contribution in [0.5, 0.6) is 0 Å². The summed E-state index contributed by atoms with van der Waals surface area (Å²) in [5.74, 6) is -0.0479. The molecule has 0 bridgehead atoms. The Morgan fingerprint density at radius 2 is 2.08 bits per heavy atom. The van der Waals surface area contributed by atoms with E-state index in [0.717, 1.165) is 41.7 Å². The van der Waals surface area contributed by atoms with Crippen LogP contribution in [0.3, 0.4) is 0 Å². The average molecular weight is 334 g/mol. The van der Waals surface area contributed by atoms with Gasteiger partial charge in [0.25, 0.3) is 5.91 Å². The number of carbonyl (C=O) groups is 1. The van der Waals surface area contributed by atoms with E-state index in [2.05, 4.69) is 33.6 Å². The predicted octanol–water partition coefficient (Wildman–Crippen LogP) is 3.39. The molecular formula is C20H22N4O. The zero-order chi connectivity index (χ0) is 17.6. The van der Waals surface area contributed by atoms with E-state index in [1.807, 2.05) is 33.0 Å². The average Bonchev–Trinajstić information content (AvgIpc) is 2.88. The Morgan fingerprint density at radius 3 is 2.92 bits per heavy atom. The molecule has 1 N–H and O–H groups in total. The lowest BCUT2D eigenvalue weighted by Crippen LogP contribution is -2.31. The fourth-order valence-electron chi connectivity index (χ4n) is 3.89. The first-order valence-electron chi connectivity index (χ1n) is 8.74. The molecule has 1 aliphatic rings. The van der Waals surface area contributed by atoms with E-state index >= 15 is 0 Å². The molecular weight excluding hydrogens is 312 g/mol. The largest absolute Gasteiger partial charge is 0.345 e. The van der Waals surface area contributed by atoms with Crippen molar-refractivity contribution in [3.05, 3.63) is 58.4 Å². The van der Waals surface area contributed by atoms with Gasteiger partial charge < -0.3 is 5.32 Å². The van der Waals surface area contributed by atoms with Crippen LogP contribution < -0.4 is 5.32 Å². The molecule has 1 amide bonds. The van der Waals surface area contributed by atoms with Crippen molar-refractivity contribution in [1.82, 2.24) is 20.1 Å². The molecule has 0 radical (unpaired) electrons. The SMILES string of the molecule is Cc1cc(C(=O)NC2CCCc3ccccc32)c2c(C)nn(C)c2n1. The van der Waals surface area contributed by atoms with E-state index in [0.29, 0.717) is 5.56 Å². The van der Waals surface area contributed by atoms with Gasteiger partial charge in [-0.25, -0.2) is 4.98 Å². The molecule has 1 aromatic carbocycles. The number of carbonyl (C=O) groups excluding carboxylic acids is 1. The van der Waals surface area contributed by atoms with Gasteiger partial charge in [0.1, 0.15) is 0 Å². The van der Waals surface area contributed by atoms with Crippen LogP contribution in [0, 0.1) is 13.8 Å². The molecule has 5 nitrogen and oxygen atoms in total. The standard InChI is InChI=1S/C20H22N4O/c1-12-11-16(18-13(2)23-24(3)19(18)21-12)20(25)22-17-10-6-8-14-7-4-5-9-15(14)17/h4-5,7,9,11,17H,6,8,10H2,1-3H3,(H,22,25). The summed E-state index contributed by atoms with van der Waals surface area (Å²) in [6.07, 6.45) is 3.16. The summed E-state index contributed by atoms with van der Waals surface area (Å²) in [5.41, 5.74) is 5.66. The van der Waals surface area contributed by atoms with Crippen LogP contribution in [-0.2, 0) is 13.5 Å². The highest BCUT2D eigenvalue weighted by Crippen LogP contribution is 2.30. The van der Waals surface area contributed by atoms with E-state index in [4.69, 9.17) is 0 Å². The van der Waals surface area contributed by atoms with Gasteiger partial charge in [-0.3, -0.25) is 9.48 Å². The molecule has 0 spiro atoms. The second-order valence-corrected chi connectivity index (χ2v) is 6.84. The Labute approximate surface area is 147 Å². The monoisotopic (exact) mass is 334 g/mol. The molecule has 0 aliphatic heterocycles. The van der Waals surface area contributed by atoms with Crippen molar-refractivity contribution in [3.63, 3.8) is 0 Å². The first kappa shape index (κ1) is 15.8. The third-order valence-electron chi connectivity index (χ3n) is 5.02. The van der Waals surface area contributed by atoms with Crippen LogP contribution in [0.25, 0.3) is 11.0 Å². The number of rotatable bonds is 2. The molecule has 0 saturated carbocycles. The van der Waals surface area contributed by atoms with E-state index < -0.39 is 0 Å². The zero-order valence-corrected chi connectivity index (χ0v) is 14.8. The summed E-state index contributed by atoms with van der Waals surface area (Å²) in [4.78, 5) is 17.6. The lowest BCUT2D eigenvalue weighted by Gasteiger charge is -2.26. The number of hydrogen-bond donors (Lipinski definition) is 1. The normalized spacial score (nSPS) is 16.7. The summed E-state index contributed by atoms with van der Waals surface area (Å²) in [6.45, 7) is 3.83. The molecule has 3 aromatic rings. The smallest absolute Gasteiger partial charge is 0.252 e. The minimum atomic E-state index is -0.0479. The lowest BCUT2D eigenvalue weighted by molar-refractivity contribution is 0.0934. The van der Waals surface area contributed by atoms with Gasteiger partial charge >= 0.3 is 0 Å². The molecule has 2 heterocycles. The number of amides is 1. The van der Waals surface area contributed by atoms with Crippen molar-refractivity contribution in [3.8, 4) is 0 Å². The number of fused-ring (bicyclic) bond motifs is 2. The van der Waals surface area contributed by atoms with E-state index in [1.165, 1.54) is 11.1 Å². The van der Waals surface area contributed by atoms with Gasteiger partial charge in [0, 0.05) is 12.7 Å². The van der Waals surface area contributed by atoms with Gasteiger partial charge in [-0.2, -0.15) is 5.10 Å². The van der Waals surface area contributed by atoms with Gasteiger partial charge in [0.2, 0.25) is 0 Å². The molecule has 1 atom stereocenters. The summed E-state index contributed by atoms with van der Waals surface area (Å²) in [5, 5.41) is 8.52. The highest BCUT2D eigenvalue weighted by molar-refractivity contribution is 6.06. The van der Waals surface area contributed by atoms with Crippen molar-refractivity contribution in [2.75, 3.05) is 0 Å². The number of benzene rings is 1. The molecule has 5 heteroatoms. The van der Waals surface area contributed by atoms with Crippen molar-refractivity contribution in [2.24, 2.45) is 7.05 Å². The molecule has 0 fully saturated rings. The molecule has 128 valence electrons. The predicted molar refractivity (Wildman–Crippen MR) is 97.6 cm³/mol. The maximum Gasteiger partial charge on any atom is 0.252 e. The Kier molecular flexibility index (Phi) is 3.79. The van der Waals surface area contributed by atoms with Crippen molar-refractivity contribution in [1.29, 1.82) is 0 Å². The molecule has 1 unspecified atom stereocenters. The number of nitrogens with one attached hydrogen (secondary N) is 1. The van der Waals surface area contributed by atoms with E-state index in [9.17, 15) is 4.79 Å². The number of aromatic nitrogens is 3. The van der Waals surface area contributed by atoms with Crippen LogP contribution in [0.15, 0.2) is 30.3 Å². The Morgan fingerprint density at radius 1 is 1.28 bits per heavy atom. The van der Waals surface area contributed by atoms with Gasteiger partial charge in [-0.05, 0) is 50.3 Å². The third-order valence-corrected chi connectivity index (χ3v) is 5.02. The van der Waals surface area contributed by atoms with Crippen LogP contribution in [0.1, 0.15) is 51.8 Å². The third kappa shape index (κ3) is 2.69. The maximum atomic E-state index is 13.1. The Bertz CT molecular complexity index is 973. The van der Waals surface area contributed by atoms with Crippen molar-refractivity contribution < 1.29 is 4.79 Å². The summed E-state index contributed by atoms with van der Waals surface area (Å²) in [7, 11) is 1.86. The number of nitrogens with zero attached hydrogens (tertiary/aromatic N) is 3. The van der Waals surface area contributed by atoms with Crippen molar-refractivity contribution >= 4 is 16.9 Å². The highest BCUT2D eigenvalue weighted by atomic mass is 16.1. The summed E-state index contributed by atoms with van der Waals surface area (Å²) in [6, 6.07) is 10.3. The molecule has 25 heavy (non-hydrogen) atoms. The quantitative estimate of drug-likeness (QED) is 0.781. The van der Waals surface area contributed by atoms with Gasteiger partial charge in [-0.1, -0.05) is 24.3 Å². The highest BCUT2D eigenvalue weighted by Gasteiger charge is 2.24. The molecule has 2 aromatic heterocycles. The fourth-order valence-corrected chi connectivity index (χ4v) is 3.89.